The number of allylic oxidation sites excluding steroid dienone is 1. The summed E-state index contributed by atoms with van der Waals surface area (Å²) >= 11 is 0. The van der Waals surface area contributed by atoms with Crippen LogP contribution in [-0.4, -0.2) is 25.7 Å². The molecule has 0 aromatic heterocycles. The number of anilines is 1. The van der Waals surface area contributed by atoms with Gasteiger partial charge in [0.1, 0.15) is 11.5 Å². The van der Waals surface area contributed by atoms with E-state index in [0.717, 1.165) is 33.9 Å². The molecule has 2 aromatic carbocycles. The lowest BCUT2D eigenvalue weighted by atomic mass is 9.88. The number of rotatable bonds is 4. The van der Waals surface area contributed by atoms with Crippen LogP contribution in [0.1, 0.15) is 31.9 Å². The molecule has 4 heteroatoms. The van der Waals surface area contributed by atoms with E-state index < -0.39 is 5.54 Å². The maximum Gasteiger partial charge on any atom is 0.251 e. The molecule has 0 saturated heterocycles. The molecule has 1 aliphatic heterocycles. The summed E-state index contributed by atoms with van der Waals surface area (Å²) < 4.78 is 10.5. The lowest BCUT2D eigenvalue weighted by Gasteiger charge is -2.41. The van der Waals surface area contributed by atoms with Gasteiger partial charge in [-0.15, -0.1) is 0 Å². The van der Waals surface area contributed by atoms with Crippen LogP contribution in [-0.2, 0) is 4.79 Å². The Bertz CT molecular complexity index is 908. The van der Waals surface area contributed by atoms with Gasteiger partial charge in [-0.2, -0.15) is 0 Å². The number of nitrogens with zero attached hydrogens (tertiary/aromatic N) is 1. The summed E-state index contributed by atoms with van der Waals surface area (Å²) in [5.41, 5.74) is 3.57. The number of ether oxygens (including phenoxy) is 2. The molecule has 3 rings (SSSR count). The van der Waals surface area contributed by atoms with Crippen molar-refractivity contribution in [2.75, 3.05) is 19.1 Å². The van der Waals surface area contributed by atoms with Crippen molar-refractivity contribution >= 4 is 23.2 Å². The van der Waals surface area contributed by atoms with Crippen LogP contribution in [0.15, 0.2) is 54.6 Å². The number of benzene rings is 2. The molecule has 0 aliphatic carbocycles. The second-order valence-electron chi connectivity index (χ2n) is 7.14. The molecule has 0 N–H and O–H groups in total. The zero-order chi connectivity index (χ0) is 19.6. The van der Waals surface area contributed by atoms with Crippen molar-refractivity contribution in [2.45, 2.75) is 26.3 Å². The van der Waals surface area contributed by atoms with Crippen LogP contribution in [0.25, 0.3) is 11.6 Å². The smallest absolute Gasteiger partial charge is 0.251 e. The fourth-order valence-corrected chi connectivity index (χ4v) is 3.50. The van der Waals surface area contributed by atoms with Crippen molar-refractivity contribution in [3.63, 3.8) is 0 Å². The Labute approximate surface area is 160 Å². The second kappa shape index (κ2) is 7.31. The number of hydrogen-bond acceptors (Lipinski definition) is 3. The Hall–Kier alpha value is -3.01. The maximum atomic E-state index is 13.1. The van der Waals surface area contributed by atoms with Crippen LogP contribution in [0.5, 0.6) is 11.5 Å². The molecular weight excluding hydrogens is 338 g/mol. The van der Waals surface area contributed by atoms with Crippen LogP contribution < -0.4 is 14.4 Å². The highest BCUT2D eigenvalue weighted by Gasteiger charge is 2.34. The van der Waals surface area contributed by atoms with Crippen molar-refractivity contribution in [1.29, 1.82) is 0 Å². The minimum atomic E-state index is -0.424. The van der Waals surface area contributed by atoms with Gasteiger partial charge in [0.15, 0.2) is 0 Å². The Morgan fingerprint density at radius 3 is 2.26 bits per heavy atom. The lowest BCUT2D eigenvalue weighted by molar-refractivity contribution is -0.114. The van der Waals surface area contributed by atoms with E-state index in [1.54, 1.807) is 20.3 Å². The number of carbonyl (C=O) groups is 1. The predicted molar refractivity (Wildman–Crippen MR) is 110 cm³/mol. The van der Waals surface area contributed by atoms with E-state index in [2.05, 4.69) is 13.0 Å². The number of fused-ring (bicyclic) bond motifs is 1. The fourth-order valence-electron chi connectivity index (χ4n) is 3.50. The zero-order valence-corrected chi connectivity index (χ0v) is 16.4. The molecule has 140 valence electrons. The second-order valence-corrected chi connectivity index (χ2v) is 7.14. The summed E-state index contributed by atoms with van der Waals surface area (Å²) in [4.78, 5) is 14.9. The van der Waals surface area contributed by atoms with Crippen molar-refractivity contribution < 1.29 is 14.3 Å². The summed E-state index contributed by atoms with van der Waals surface area (Å²) in [6.45, 7) is 6.15. The van der Waals surface area contributed by atoms with Crippen LogP contribution in [0.3, 0.4) is 0 Å². The third-order valence-electron chi connectivity index (χ3n) is 4.77. The SMILES string of the molecule is COc1ccc(/C=C/C(=O)N2c3ccc(OC)cc3C(C)=CC2(C)C)cc1. The standard InChI is InChI=1S/C23H25NO3/c1-16-15-23(2,3)24(21-12-11-19(27-5)14-20(16)21)22(25)13-8-17-6-9-18(26-4)10-7-17/h6-15H,1-5H3/b13-8+. The summed E-state index contributed by atoms with van der Waals surface area (Å²) in [7, 11) is 3.28. The van der Waals surface area contributed by atoms with Gasteiger partial charge < -0.3 is 9.47 Å². The van der Waals surface area contributed by atoms with Crippen LogP contribution >= 0.6 is 0 Å². The Kier molecular flexibility index (Phi) is 5.08. The number of carbonyl (C=O) groups excluding carboxylic acids is 1. The Morgan fingerprint density at radius 1 is 1.00 bits per heavy atom. The lowest BCUT2D eigenvalue weighted by Crippen LogP contribution is -2.48. The first kappa shape index (κ1) is 18.8. The summed E-state index contributed by atoms with van der Waals surface area (Å²) in [6.07, 6.45) is 5.56. The zero-order valence-electron chi connectivity index (χ0n) is 16.4. The van der Waals surface area contributed by atoms with Crippen LogP contribution in [0.4, 0.5) is 5.69 Å². The number of hydrogen-bond donors (Lipinski definition) is 0. The van der Waals surface area contributed by atoms with E-state index in [0.29, 0.717) is 0 Å². The Balaban J connectivity index is 1.94. The van der Waals surface area contributed by atoms with Gasteiger partial charge in [0.25, 0.3) is 5.91 Å². The van der Waals surface area contributed by atoms with E-state index in [4.69, 9.17) is 9.47 Å². The van der Waals surface area contributed by atoms with Crippen molar-refractivity contribution in [3.05, 3.63) is 65.7 Å². The number of amides is 1. The first-order chi connectivity index (χ1) is 12.9. The van der Waals surface area contributed by atoms with Gasteiger partial charge in [0, 0.05) is 11.6 Å². The fraction of sp³-hybridized carbons (Fsp3) is 0.261. The normalized spacial score (nSPS) is 15.3. The van der Waals surface area contributed by atoms with Gasteiger partial charge in [0.2, 0.25) is 0 Å². The monoisotopic (exact) mass is 363 g/mol. The average molecular weight is 363 g/mol. The third-order valence-corrected chi connectivity index (χ3v) is 4.77. The molecule has 0 bridgehead atoms. The van der Waals surface area contributed by atoms with E-state index in [1.807, 2.05) is 67.3 Å². The first-order valence-corrected chi connectivity index (χ1v) is 8.90. The molecule has 0 saturated carbocycles. The highest BCUT2D eigenvalue weighted by Crippen LogP contribution is 2.40. The quantitative estimate of drug-likeness (QED) is 0.722. The van der Waals surface area contributed by atoms with E-state index in [-0.39, 0.29) is 5.91 Å². The molecule has 0 spiro atoms. The summed E-state index contributed by atoms with van der Waals surface area (Å²) in [6, 6.07) is 13.4. The maximum absolute atomic E-state index is 13.1. The summed E-state index contributed by atoms with van der Waals surface area (Å²) in [5.74, 6) is 1.51. The minimum absolute atomic E-state index is 0.0639. The molecule has 0 atom stereocenters. The highest BCUT2D eigenvalue weighted by molar-refractivity contribution is 6.08. The molecule has 1 aliphatic rings. The highest BCUT2D eigenvalue weighted by atomic mass is 16.5. The molecule has 1 amide bonds. The molecular formula is C23H25NO3. The van der Waals surface area contributed by atoms with E-state index in [1.165, 1.54) is 0 Å². The molecule has 27 heavy (non-hydrogen) atoms. The average Bonchev–Trinajstić information content (AvgIpc) is 2.65. The van der Waals surface area contributed by atoms with Crippen LogP contribution in [0, 0.1) is 0 Å². The van der Waals surface area contributed by atoms with Gasteiger partial charge in [-0.25, -0.2) is 0 Å². The molecule has 2 aromatic rings. The largest absolute Gasteiger partial charge is 0.497 e. The molecule has 0 radical (unpaired) electrons. The van der Waals surface area contributed by atoms with Gasteiger partial charge in [-0.05, 0) is 68.3 Å². The summed E-state index contributed by atoms with van der Waals surface area (Å²) in [5, 5.41) is 0. The van der Waals surface area contributed by atoms with Gasteiger partial charge in [-0.1, -0.05) is 18.2 Å². The van der Waals surface area contributed by atoms with Crippen molar-refractivity contribution in [3.8, 4) is 11.5 Å². The molecule has 0 fully saturated rings. The first-order valence-electron chi connectivity index (χ1n) is 8.90. The van der Waals surface area contributed by atoms with Gasteiger partial charge >= 0.3 is 0 Å². The topological polar surface area (TPSA) is 38.8 Å². The van der Waals surface area contributed by atoms with Gasteiger partial charge in [-0.3, -0.25) is 9.69 Å². The van der Waals surface area contributed by atoms with E-state index in [9.17, 15) is 4.79 Å². The van der Waals surface area contributed by atoms with Crippen molar-refractivity contribution in [2.24, 2.45) is 0 Å². The number of methoxy groups -OCH3 is 2. The minimum Gasteiger partial charge on any atom is -0.497 e. The van der Waals surface area contributed by atoms with E-state index >= 15 is 0 Å². The molecule has 1 heterocycles. The third kappa shape index (κ3) is 3.75. The van der Waals surface area contributed by atoms with Crippen LogP contribution in [0.2, 0.25) is 0 Å². The van der Waals surface area contributed by atoms with Crippen molar-refractivity contribution in [1.82, 2.24) is 0 Å². The van der Waals surface area contributed by atoms with Gasteiger partial charge in [0.05, 0.1) is 25.4 Å². The predicted octanol–water partition coefficient (Wildman–Crippen LogP) is 4.95. The molecule has 4 nitrogen and oxygen atoms in total. The Morgan fingerprint density at radius 2 is 1.63 bits per heavy atom. The molecule has 0 unspecified atom stereocenters.